The fourth-order valence-corrected chi connectivity index (χ4v) is 1.53. The van der Waals surface area contributed by atoms with E-state index in [0.717, 1.165) is 0 Å². The van der Waals surface area contributed by atoms with Gasteiger partial charge in [-0.05, 0) is 52.3 Å². The molecular formula is C14H11BrO6. The number of carboxylic acid groups (broad SMARTS) is 2. The molecule has 0 fully saturated rings. The number of aromatic carboxylic acids is 2. The lowest BCUT2D eigenvalue weighted by Crippen LogP contribution is -1.94. The van der Waals surface area contributed by atoms with Crippen molar-refractivity contribution >= 4 is 27.9 Å². The zero-order valence-corrected chi connectivity index (χ0v) is 12.1. The summed E-state index contributed by atoms with van der Waals surface area (Å²) < 4.78 is 0.488. The van der Waals surface area contributed by atoms with Crippen LogP contribution < -0.4 is 0 Å². The maximum absolute atomic E-state index is 10.3. The molecule has 2 aromatic carbocycles. The molecule has 6 nitrogen and oxygen atoms in total. The molecular weight excluding hydrogens is 344 g/mol. The summed E-state index contributed by atoms with van der Waals surface area (Å²) >= 11 is 3.04. The van der Waals surface area contributed by atoms with E-state index in [1.165, 1.54) is 42.5 Å². The van der Waals surface area contributed by atoms with Crippen LogP contribution in [0.25, 0.3) is 0 Å². The molecule has 21 heavy (non-hydrogen) atoms. The highest BCUT2D eigenvalue weighted by atomic mass is 79.9. The molecule has 0 aliphatic carbocycles. The van der Waals surface area contributed by atoms with Crippen molar-refractivity contribution in [1.82, 2.24) is 0 Å². The summed E-state index contributed by atoms with van der Waals surface area (Å²) in [4.78, 5) is 20.6. The average molecular weight is 355 g/mol. The van der Waals surface area contributed by atoms with E-state index >= 15 is 0 Å². The average Bonchev–Trinajstić information content (AvgIpc) is 2.42. The van der Waals surface area contributed by atoms with Crippen molar-refractivity contribution in [3.05, 3.63) is 58.1 Å². The van der Waals surface area contributed by atoms with E-state index in [2.05, 4.69) is 15.9 Å². The number of carboxylic acids is 2. The third kappa shape index (κ3) is 5.15. The fraction of sp³-hybridized carbons (Fsp3) is 0. The van der Waals surface area contributed by atoms with Gasteiger partial charge in [-0.15, -0.1) is 0 Å². The van der Waals surface area contributed by atoms with E-state index in [0.29, 0.717) is 4.47 Å². The maximum atomic E-state index is 10.3. The minimum atomic E-state index is -1.05. The zero-order valence-electron chi connectivity index (χ0n) is 10.5. The Morgan fingerprint density at radius 1 is 0.857 bits per heavy atom. The summed E-state index contributed by atoms with van der Waals surface area (Å²) in [6, 6.07) is 9.60. The molecule has 2 aromatic rings. The molecule has 0 atom stereocenters. The van der Waals surface area contributed by atoms with Crippen molar-refractivity contribution in [3.63, 3.8) is 0 Å². The van der Waals surface area contributed by atoms with Gasteiger partial charge in [-0.1, -0.05) is 6.07 Å². The number of hydrogen-bond donors (Lipinski definition) is 4. The first kappa shape index (κ1) is 16.5. The molecule has 4 N–H and O–H groups in total. The lowest BCUT2D eigenvalue weighted by atomic mass is 10.2. The van der Waals surface area contributed by atoms with Crippen LogP contribution in [-0.2, 0) is 0 Å². The van der Waals surface area contributed by atoms with Gasteiger partial charge in [0.25, 0.3) is 0 Å². The summed E-state index contributed by atoms with van der Waals surface area (Å²) in [6.07, 6.45) is 0. The Kier molecular flexibility index (Phi) is 5.74. The fourth-order valence-electron chi connectivity index (χ4n) is 1.28. The van der Waals surface area contributed by atoms with Crippen molar-refractivity contribution < 1.29 is 30.0 Å². The molecule has 0 amide bonds. The van der Waals surface area contributed by atoms with E-state index in [1.807, 2.05) is 0 Å². The molecule has 0 aromatic heterocycles. The molecule has 0 unspecified atom stereocenters. The molecule has 0 saturated carbocycles. The Hall–Kier alpha value is -2.54. The summed E-state index contributed by atoms with van der Waals surface area (Å²) in [7, 11) is 0. The first-order valence-corrected chi connectivity index (χ1v) is 6.34. The van der Waals surface area contributed by atoms with Gasteiger partial charge in [0.1, 0.15) is 11.5 Å². The third-order valence-corrected chi connectivity index (χ3v) is 2.96. The van der Waals surface area contributed by atoms with Crippen LogP contribution in [0.2, 0.25) is 0 Å². The first-order valence-electron chi connectivity index (χ1n) is 5.55. The van der Waals surface area contributed by atoms with Gasteiger partial charge >= 0.3 is 11.9 Å². The number of halogens is 1. The second-order valence-electron chi connectivity index (χ2n) is 3.83. The first-order chi connectivity index (χ1) is 9.81. The normalized spacial score (nSPS) is 9.38. The van der Waals surface area contributed by atoms with E-state index in [-0.39, 0.29) is 22.6 Å². The number of aromatic hydroxyl groups is 2. The number of hydrogen-bond acceptors (Lipinski definition) is 4. The van der Waals surface area contributed by atoms with Crippen molar-refractivity contribution in [2.24, 2.45) is 0 Å². The van der Waals surface area contributed by atoms with Crippen LogP contribution in [0.5, 0.6) is 11.5 Å². The Morgan fingerprint density at radius 3 is 1.86 bits per heavy atom. The summed E-state index contributed by atoms with van der Waals surface area (Å²) in [5.74, 6) is -2.17. The smallest absolute Gasteiger partial charge is 0.335 e. The molecule has 0 saturated heterocycles. The van der Waals surface area contributed by atoms with Crippen LogP contribution in [0, 0.1) is 0 Å². The lowest BCUT2D eigenvalue weighted by molar-refractivity contribution is 0.0685. The van der Waals surface area contributed by atoms with Crippen LogP contribution in [0.1, 0.15) is 20.7 Å². The van der Waals surface area contributed by atoms with Crippen LogP contribution in [0.15, 0.2) is 46.9 Å². The third-order valence-electron chi connectivity index (χ3n) is 2.29. The Morgan fingerprint density at radius 2 is 1.43 bits per heavy atom. The molecule has 0 heterocycles. The van der Waals surface area contributed by atoms with Gasteiger partial charge in [-0.25, -0.2) is 9.59 Å². The predicted octanol–water partition coefficient (Wildman–Crippen LogP) is 2.94. The van der Waals surface area contributed by atoms with E-state index in [9.17, 15) is 9.59 Å². The molecule has 0 radical (unpaired) electrons. The molecule has 0 spiro atoms. The Bertz CT molecular complexity index is 668. The van der Waals surface area contributed by atoms with E-state index in [1.54, 1.807) is 0 Å². The highest BCUT2D eigenvalue weighted by Crippen LogP contribution is 2.24. The minimum Gasteiger partial charge on any atom is -0.508 e. The second kappa shape index (κ2) is 7.30. The van der Waals surface area contributed by atoms with Crippen LogP contribution in [0.3, 0.4) is 0 Å². The summed E-state index contributed by atoms with van der Waals surface area (Å²) in [6.45, 7) is 0. The van der Waals surface area contributed by atoms with Gasteiger partial charge in [0.15, 0.2) is 0 Å². The van der Waals surface area contributed by atoms with Crippen molar-refractivity contribution in [3.8, 4) is 11.5 Å². The van der Waals surface area contributed by atoms with Crippen molar-refractivity contribution in [1.29, 1.82) is 0 Å². The Balaban J connectivity index is 0.000000211. The molecule has 0 aliphatic heterocycles. The molecule has 7 heteroatoms. The number of phenolic OH excluding ortho intramolecular Hbond substituents is 2. The van der Waals surface area contributed by atoms with Gasteiger partial charge in [0, 0.05) is 0 Å². The number of carbonyl (C=O) groups is 2. The van der Waals surface area contributed by atoms with Crippen molar-refractivity contribution in [2.45, 2.75) is 0 Å². The number of rotatable bonds is 2. The molecule has 0 aliphatic rings. The van der Waals surface area contributed by atoms with Gasteiger partial charge in [0.2, 0.25) is 0 Å². The monoisotopic (exact) mass is 354 g/mol. The Labute approximate surface area is 128 Å². The topological polar surface area (TPSA) is 115 Å². The second-order valence-corrected chi connectivity index (χ2v) is 4.68. The maximum Gasteiger partial charge on any atom is 0.335 e. The van der Waals surface area contributed by atoms with Gasteiger partial charge < -0.3 is 20.4 Å². The predicted molar refractivity (Wildman–Crippen MR) is 77.8 cm³/mol. The highest BCUT2D eigenvalue weighted by molar-refractivity contribution is 9.10. The van der Waals surface area contributed by atoms with Gasteiger partial charge in [-0.3, -0.25) is 0 Å². The molecule has 110 valence electrons. The largest absolute Gasteiger partial charge is 0.508 e. The highest BCUT2D eigenvalue weighted by Gasteiger charge is 2.04. The van der Waals surface area contributed by atoms with Crippen LogP contribution in [0.4, 0.5) is 0 Å². The minimum absolute atomic E-state index is 0.0279. The van der Waals surface area contributed by atoms with Crippen molar-refractivity contribution in [2.75, 3.05) is 0 Å². The number of phenols is 2. The zero-order chi connectivity index (χ0) is 16.0. The summed E-state index contributed by atoms with van der Waals surface area (Å²) in [5.41, 5.74) is 0.172. The van der Waals surface area contributed by atoms with E-state index in [4.69, 9.17) is 20.4 Å². The van der Waals surface area contributed by atoms with Crippen LogP contribution >= 0.6 is 15.9 Å². The van der Waals surface area contributed by atoms with Gasteiger partial charge in [-0.2, -0.15) is 0 Å². The number of benzene rings is 2. The van der Waals surface area contributed by atoms with Gasteiger partial charge in [0.05, 0.1) is 15.6 Å². The SMILES string of the molecule is O=C(O)c1ccc(Br)c(O)c1.O=C(O)c1cccc(O)c1. The summed E-state index contributed by atoms with van der Waals surface area (Å²) in [5, 5.41) is 34.7. The molecule has 2 rings (SSSR count). The quantitative estimate of drug-likeness (QED) is 0.658. The lowest BCUT2D eigenvalue weighted by Gasteiger charge is -1.97. The van der Waals surface area contributed by atoms with Crippen LogP contribution in [-0.4, -0.2) is 32.4 Å². The standard InChI is InChI=1S/C7H5BrO3.C7H6O3/c8-5-2-1-4(7(10)11)3-6(5)9;8-6-3-1-2-5(4-6)7(9)10/h1-3,9H,(H,10,11);1-4,8H,(H,9,10). The van der Waals surface area contributed by atoms with E-state index < -0.39 is 11.9 Å². The molecule has 0 bridgehead atoms.